The molecule has 3 aromatic rings. The quantitative estimate of drug-likeness (QED) is 0.548. The molecule has 4 nitrogen and oxygen atoms in total. The van der Waals surface area contributed by atoms with E-state index in [2.05, 4.69) is 20.2 Å². The van der Waals surface area contributed by atoms with Crippen molar-refractivity contribution in [3.8, 4) is 11.3 Å². The number of aromatic nitrogens is 4. The summed E-state index contributed by atoms with van der Waals surface area (Å²) >= 11 is 5.73. The van der Waals surface area contributed by atoms with E-state index in [0.717, 1.165) is 6.07 Å². The molecule has 0 amide bonds. The maximum Gasteiger partial charge on any atom is 0.419 e. The maximum atomic E-state index is 13.3. The Kier molecular flexibility index (Phi) is 3.05. The van der Waals surface area contributed by atoms with Crippen LogP contribution in [0.5, 0.6) is 0 Å². The van der Waals surface area contributed by atoms with E-state index in [4.69, 9.17) is 11.6 Å². The summed E-state index contributed by atoms with van der Waals surface area (Å²) in [4.78, 5) is 7.75. The van der Waals surface area contributed by atoms with Gasteiger partial charge in [-0.25, -0.2) is 9.37 Å². The van der Waals surface area contributed by atoms with Gasteiger partial charge in [-0.1, -0.05) is 0 Å². The molecule has 1 N–H and O–H groups in total. The second-order valence-electron chi connectivity index (χ2n) is 4.17. The topological polar surface area (TPSA) is 54.5 Å². The van der Waals surface area contributed by atoms with Crippen LogP contribution in [0, 0.1) is 5.82 Å². The van der Waals surface area contributed by atoms with Crippen LogP contribution in [0.4, 0.5) is 17.6 Å². The van der Waals surface area contributed by atoms with Crippen LogP contribution >= 0.6 is 11.6 Å². The van der Waals surface area contributed by atoms with E-state index in [-0.39, 0.29) is 22.2 Å². The van der Waals surface area contributed by atoms with Crippen LogP contribution in [0.15, 0.2) is 24.4 Å². The molecule has 0 bridgehead atoms. The second-order valence-corrected chi connectivity index (χ2v) is 4.50. The predicted molar refractivity (Wildman–Crippen MR) is 67.1 cm³/mol. The Morgan fingerprint density at radius 1 is 1.14 bits per heavy atom. The van der Waals surface area contributed by atoms with Crippen molar-refractivity contribution >= 4 is 22.6 Å². The molecule has 108 valence electrons. The van der Waals surface area contributed by atoms with Crippen LogP contribution in [0.25, 0.3) is 22.3 Å². The number of alkyl halides is 3. The van der Waals surface area contributed by atoms with Gasteiger partial charge in [-0.3, -0.25) is 5.10 Å². The van der Waals surface area contributed by atoms with Crippen molar-refractivity contribution in [1.82, 2.24) is 20.2 Å². The van der Waals surface area contributed by atoms with Crippen LogP contribution in [-0.4, -0.2) is 20.2 Å². The van der Waals surface area contributed by atoms with Crippen LogP contribution in [0.2, 0.25) is 5.28 Å². The second kappa shape index (κ2) is 4.66. The summed E-state index contributed by atoms with van der Waals surface area (Å²) in [5.41, 5.74) is -0.877. The molecule has 2 aromatic heterocycles. The zero-order valence-corrected chi connectivity index (χ0v) is 10.8. The lowest BCUT2D eigenvalue weighted by Crippen LogP contribution is -2.08. The van der Waals surface area contributed by atoms with Gasteiger partial charge in [0, 0.05) is 5.56 Å². The van der Waals surface area contributed by atoms with Crippen molar-refractivity contribution < 1.29 is 17.6 Å². The number of hydrogen-bond donors (Lipinski definition) is 1. The lowest BCUT2D eigenvalue weighted by molar-refractivity contribution is -0.139. The molecule has 0 fully saturated rings. The Hall–Kier alpha value is -2.22. The molecular formula is C12H5ClF4N4. The van der Waals surface area contributed by atoms with Crippen molar-refractivity contribution in [3.63, 3.8) is 0 Å². The van der Waals surface area contributed by atoms with Crippen molar-refractivity contribution in [1.29, 1.82) is 0 Å². The molecule has 0 saturated heterocycles. The van der Waals surface area contributed by atoms with Gasteiger partial charge < -0.3 is 0 Å². The fourth-order valence-corrected chi connectivity index (χ4v) is 2.09. The van der Waals surface area contributed by atoms with Gasteiger partial charge in [-0.15, -0.1) is 0 Å². The Morgan fingerprint density at radius 3 is 2.62 bits per heavy atom. The third-order valence-electron chi connectivity index (χ3n) is 2.83. The van der Waals surface area contributed by atoms with Crippen LogP contribution in [0.1, 0.15) is 5.56 Å². The van der Waals surface area contributed by atoms with E-state index in [0.29, 0.717) is 11.5 Å². The SMILES string of the molecule is Fc1ccc(-c2nc(Cl)nc3[nH]ncc23)cc1C(F)(F)F. The first-order valence-electron chi connectivity index (χ1n) is 5.60. The highest BCUT2D eigenvalue weighted by Gasteiger charge is 2.34. The predicted octanol–water partition coefficient (Wildman–Crippen LogP) is 3.83. The highest BCUT2D eigenvalue weighted by molar-refractivity contribution is 6.28. The van der Waals surface area contributed by atoms with Crippen LogP contribution in [-0.2, 0) is 6.18 Å². The fourth-order valence-electron chi connectivity index (χ4n) is 1.92. The molecule has 1 aromatic carbocycles. The minimum Gasteiger partial charge on any atom is -0.261 e. The monoisotopic (exact) mass is 316 g/mol. The molecule has 0 aliphatic heterocycles. The van der Waals surface area contributed by atoms with Gasteiger partial charge in [-0.2, -0.15) is 23.3 Å². The highest BCUT2D eigenvalue weighted by Crippen LogP contribution is 2.35. The number of rotatable bonds is 1. The van der Waals surface area contributed by atoms with Crippen molar-refractivity contribution in [2.75, 3.05) is 0 Å². The number of nitrogens with zero attached hydrogens (tertiary/aromatic N) is 3. The minimum absolute atomic E-state index is 0.0689. The normalized spacial score (nSPS) is 12.0. The van der Waals surface area contributed by atoms with E-state index < -0.39 is 17.6 Å². The molecule has 0 atom stereocenters. The van der Waals surface area contributed by atoms with Gasteiger partial charge in [-0.05, 0) is 29.8 Å². The van der Waals surface area contributed by atoms with E-state index >= 15 is 0 Å². The summed E-state index contributed by atoms with van der Waals surface area (Å²) in [6.45, 7) is 0. The lowest BCUT2D eigenvalue weighted by Gasteiger charge is -2.10. The van der Waals surface area contributed by atoms with E-state index in [9.17, 15) is 17.6 Å². The van der Waals surface area contributed by atoms with Gasteiger partial charge in [0.2, 0.25) is 5.28 Å². The number of hydrogen-bond acceptors (Lipinski definition) is 3. The molecule has 9 heteroatoms. The van der Waals surface area contributed by atoms with Crippen LogP contribution < -0.4 is 0 Å². The van der Waals surface area contributed by atoms with Gasteiger partial charge >= 0.3 is 6.18 Å². The van der Waals surface area contributed by atoms with E-state index in [1.807, 2.05) is 0 Å². The standard InChI is InChI=1S/C12H5ClF4N4/c13-11-19-9(6-4-18-21-10(6)20-11)5-1-2-8(14)7(3-5)12(15,16)17/h1-4H,(H,18,19,20,21). The number of aromatic amines is 1. The number of halogens is 5. The molecule has 0 radical (unpaired) electrons. The molecule has 2 heterocycles. The number of H-pyrrole nitrogens is 1. The third-order valence-corrected chi connectivity index (χ3v) is 3.00. The Bertz CT molecular complexity index is 828. The minimum atomic E-state index is -4.80. The largest absolute Gasteiger partial charge is 0.419 e. The third kappa shape index (κ3) is 2.42. The molecule has 0 saturated carbocycles. The van der Waals surface area contributed by atoms with E-state index in [1.54, 1.807) is 0 Å². The maximum absolute atomic E-state index is 13.3. The first-order chi connectivity index (χ1) is 9.86. The summed E-state index contributed by atoms with van der Waals surface area (Å²) in [5, 5.41) is 6.51. The summed E-state index contributed by atoms with van der Waals surface area (Å²) < 4.78 is 51.6. The summed E-state index contributed by atoms with van der Waals surface area (Å²) in [6.07, 6.45) is -3.44. The van der Waals surface area contributed by atoms with Gasteiger partial charge in [0.05, 0.1) is 22.8 Å². The fraction of sp³-hybridized carbons (Fsp3) is 0.0833. The number of benzene rings is 1. The Labute approximate surface area is 119 Å². The van der Waals surface area contributed by atoms with Crippen molar-refractivity contribution in [2.45, 2.75) is 6.18 Å². The smallest absolute Gasteiger partial charge is 0.261 e. The first-order valence-corrected chi connectivity index (χ1v) is 5.98. The molecular weight excluding hydrogens is 312 g/mol. The first kappa shape index (κ1) is 13.7. The zero-order valence-electron chi connectivity index (χ0n) is 10.0. The summed E-state index contributed by atoms with van der Waals surface area (Å²) in [5.74, 6) is -1.35. The van der Waals surface area contributed by atoms with E-state index in [1.165, 1.54) is 12.3 Å². The Morgan fingerprint density at radius 2 is 1.90 bits per heavy atom. The average Bonchev–Trinajstić information content (AvgIpc) is 2.85. The van der Waals surface area contributed by atoms with Crippen LogP contribution in [0.3, 0.4) is 0 Å². The summed E-state index contributed by atoms with van der Waals surface area (Å²) in [6, 6.07) is 2.61. The number of fused-ring (bicyclic) bond motifs is 1. The summed E-state index contributed by atoms with van der Waals surface area (Å²) in [7, 11) is 0. The van der Waals surface area contributed by atoms with Crippen molar-refractivity contribution in [3.05, 3.63) is 41.1 Å². The highest BCUT2D eigenvalue weighted by atomic mass is 35.5. The lowest BCUT2D eigenvalue weighted by atomic mass is 10.1. The zero-order chi connectivity index (χ0) is 15.2. The van der Waals surface area contributed by atoms with Gasteiger partial charge in [0.1, 0.15) is 5.82 Å². The van der Waals surface area contributed by atoms with Gasteiger partial charge in [0.15, 0.2) is 5.65 Å². The molecule has 3 rings (SSSR count). The molecule has 0 aliphatic carbocycles. The van der Waals surface area contributed by atoms with Gasteiger partial charge in [0.25, 0.3) is 0 Å². The van der Waals surface area contributed by atoms with Crippen molar-refractivity contribution in [2.24, 2.45) is 0 Å². The number of nitrogens with one attached hydrogen (secondary N) is 1. The Balaban J connectivity index is 2.26. The molecule has 0 aliphatic rings. The molecule has 0 spiro atoms. The average molecular weight is 317 g/mol. The molecule has 21 heavy (non-hydrogen) atoms. The molecule has 0 unspecified atom stereocenters.